The molecule has 0 spiro atoms. The summed E-state index contributed by atoms with van der Waals surface area (Å²) in [6.07, 6.45) is 0. The topological polar surface area (TPSA) is 56.2 Å². The lowest BCUT2D eigenvalue weighted by Crippen LogP contribution is -2.14. The third kappa shape index (κ3) is 5.24. The Hall–Kier alpha value is -3.35. The number of aryl methyl sites for hydroxylation is 1. The maximum atomic E-state index is 14.1. The van der Waals surface area contributed by atoms with E-state index in [9.17, 15) is 9.18 Å². The number of nitrogens with one attached hydrogen (secondary N) is 1. The van der Waals surface area contributed by atoms with Crippen molar-refractivity contribution in [3.8, 4) is 5.75 Å². The normalized spacial score (nSPS) is 10.9. The number of anilines is 1. The van der Waals surface area contributed by atoms with Gasteiger partial charge in [0.25, 0.3) is 5.91 Å². The molecule has 8 heteroatoms. The zero-order chi connectivity index (χ0) is 24.2. The van der Waals surface area contributed by atoms with Gasteiger partial charge in [0.2, 0.25) is 0 Å². The molecule has 3 aromatic carbocycles. The van der Waals surface area contributed by atoms with E-state index in [1.165, 1.54) is 6.07 Å². The van der Waals surface area contributed by atoms with Crippen LogP contribution in [0.4, 0.5) is 10.1 Å². The second kappa shape index (κ2) is 10.3. The van der Waals surface area contributed by atoms with Gasteiger partial charge in [0.1, 0.15) is 23.2 Å². The molecule has 34 heavy (non-hydrogen) atoms. The lowest BCUT2D eigenvalue weighted by molar-refractivity contribution is 0.102. The van der Waals surface area contributed by atoms with Gasteiger partial charge in [-0.1, -0.05) is 59.6 Å². The fourth-order valence-corrected chi connectivity index (χ4v) is 3.91. The molecule has 4 rings (SSSR count). The molecule has 0 fully saturated rings. The summed E-state index contributed by atoms with van der Waals surface area (Å²) in [5.74, 6) is -0.101. The number of carbonyl (C=O) groups is 1. The number of ether oxygens (including phenoxy) is 1. The Morgan fingerprint density at radius 2 is 1.82 bits per heavy atom. The number of amides is 1. The van der Waals surface area contributed by atoms with E-state index in [-0.39, 0.29) is 24.9 Å². The third-order valence-electron chi connectivity index (χ3n) is 5.40. The van der Waals surface area contributed by atoms with Crippen molar-refractivity contribution in [2.24, 2.45) is 0 Å². The van der Waals surface area contributed by atoms with Crippen LogP contribution in [0.25, 0.3) is 0 Å². The van der Waals surface area contributed by atoms with E-state index in [0.717, 1.165) is 11.3 Å². The van der Waals surface area contributed by atoms with E-state index in [2.05, 4.69) is 10.4 Å². The first-order valence-electron chi connectivity index (χ1n) is 10.6. The zero-order valence-corrected chi connectivity index (χ0v) is 20.1. The first-order valence-corrected chi connectivity index (χ1v) is 11.3. The second-order valence-corrected chi connectivity index (χ2v) is 8.58. The van der Waals surface area contributed by atoms with E-state index in [4.69, 9.17) is 27.9 Å². The van der Waals surface area contributed by atoms with Crippen molar-refractivity contribution >= 4 is 34.8 Å². The van der Waals surface area contributed by atoms with Crippen molar-refractivity contribution in [2.45, 2.75) is 27.0 Å². The highest BCUT2D eigenvalue weighted by molar-refractivity contribution is 6.42. The predicted molar refractivity (Wildman–Crippen MR) is 132 cm³/mol. The Labute approximate surface area is 207 Å². The van der Waals surface area contributed by atoms with Crippen LogP contribution in [0.1, 0.15) is 32.9 Å². The minimum absolute atomic E-state index is 0.222. The molecule has 0 radical (unpaired) electrons. The van der Waals surface area contributed by atoms with Crippen LogP contribution in [0.3, 0.4) is 0 Å². The number of benzene rings is 3. The van der Waals surface area contributed by atoms with E-state index in [0.29, 0.717) is 38.3 Å². The van der Waals surface area contributed by atoms with Crippen LogP contribution < -0.4 is 10.1 Å². The van der Waals surface area contributed by atoms with Crippen molar-refractivity contribution < 1.29 is 13.9 Å². The predicted octanol–water partition coefficient (Wildman–Crippen LogP) is 6.83. The van der Waals surface area contributed by atoms with Crippen LogP contribution in [-0.2, 0) is 13.2 Å². The maximum Gasteiger partial charge on any atom is 0.255 e. The number of halogens is 3. The molecule has 1 N–H and O–H groups in total. The number of nitrogens with zero attached hydrogens (tertiary/aromatic N) is 2. The molecule has 0 saturated carbocycles. The molecule has 0 atom stereocenters. The SMILES string of the molecule is Cc1nn(Cc2ccccc2F)c(C)c1NC(=O)c1cccc(COc2cccc(Cl)c2Cl)c1. The van der Waals surface area contributed by atoms with Gasteiger partial charge in [-0.05, 0) is 49.7 Å². The van der Waals surface area contributed by atoms with Gasteiger partial charge >= 0.3 is 0 Å². The first-order chi connectivity index (χ1) is 16.3. The van der Waals surface area contributed by atoms with Crippen LogP contribution in [0, 0.1) is 19.7 Å². The van der Waals surface area contributed by atoms with E-state index in [1.807, 2.05) is 13.0 Å². The standard InChI is InChI=1S/C26H22Cl2FN3O2/c1-16-25(17(2)32(31-16)14-20-8-3-4-11-22(20)29)30-26(33)19-9-5-7-18(13-19)15-34-23-12-6-10-21(27)24(23)28/h3-13H,14-15H2,1-2H3,(H,30,33). The van der Waals surface area contributed by atoms with Crippen molar-refractivity contribution in [3.05, 3.63) is 111 Å². The average molecular weight is 498 g/mol. The van der Waals surface area contributed by atoms with Crippen LogP contribution in [0.2, 0.25) is 10.0 Å². The molecule has 1 amide bonds. The van der Waals surface area contributed by atoms with Crippen LogP contribution in [0.15, 0.2) is 66.7 Å². The highest BCUT2D eigenvalue weighted by Gasteiger charge is 2.17. The molecule has 174 valence electrons. The average Bonchev–Trinajstić information content (AvgIpc) is 3.09. The van der Waals surface area contributed by atoms with Gasteiger partial charge in [-0.2, -0.15) is 5.10 Å². The van der Waals surface area contributed by atoms with Crippen molar-refractivity contribution in [3.63, 3.8) is 0 Å². The maximum absolute atomic E-state index is 14.1. The molecule has 0 saturated heterocycles. The van der Waals surface area contributed by atoms with Crippen molar-refractivity contribution in [1.82, 2.24) is 9.78 Å². The number of hydrogen-bond acceptors (Lipinski definition) is 3. The molecule has 0 aliphatic carbocycles. The lowest BCUT2D eigenvalue weighted by atomic mass is 10.1. The van der Waals surface area contributed by atoms with Gasteiger partial charge < -0.3 is 10.1 Å². The highest BCUT2D eigenvalue weighted by atomic mass is 35.5. The molecule has 1 aromatic heterocycles. The van der Waals surface area contributed by atoms with Crippen molar-refractivity contribution in [1.29, 1.82) is 0 Å². The van der Waals surface area contributed by atoms with Gasteiger partial charge in [-0.3, -0.25) is 9.48 Å². The Morgan fingerprint density at radius 1 is 1.06 bits per heavy atom. The molecule has 1 heterocycles. The van der Waals surface area contributed by atoms with Crippen LogP contribution in [-0.4, -0.2) is 15.7 Å². The Kier molecular flexibility index (Phi) is 7.20. The Morgan fingerprint density at radius 3 is 2.62 bits per heavy atom. The molecular weight excluding hydrogens is 476 g/mol. The summed E-state index contributed by atoms with van der Waals surface area (Å²) < 4.78 is 21.5. The zero-order valence-electron chi connectivity index (χ0n) is 18.6. The van der Waals surface area contributed by atoms with Crippen LogP contribution >= 0.6 is 23.2 Å². The van der Waals surface area contributed by atoms with E-state index < -0.39 is 0 Å². The first kappa shape index (κ1) is 23.8. The Bertz CT molecular complexity index is 1350. The van der Waals surface area contributed by atoms with Gasteiger partial charge in [0, 0.05) is 11.1 Å². The van der Waals surface area contributed by atoms with Gasteiger partial charge in [0.15, 0.2) is 0 Å². The minimum atomic E-state index is -0.293. The smallest absolute Gasteiger partial charge is 0.255 e. The van der Waals surface area contributed by atoms with Crippen LogP contribution in [0.5, 0.6) is 5.75 Å². The minimum Gasteiger partial charge on any atom is -0.487 e. The summed E-state index contributed by atoms with van der Waals surface area (Å²) in [5.41, 5.74) is 3.79. The van der Waals surface area contributed by atoms with Gasteiger partial charge in [-0.15, -0.1) is 0 Å². The number of rotatable bonds is 7. The third-order valence-corrected chi connectivity index (χ3v) is 6.20. The summed E-state index contributed by atoms with van der Waals surface area (Å²) in [7, 11) is 0. The highest BCUT2D eigenvalue weighted by Crippen LogP contribution is 2.32. The van der Waals surface area contributed by atoms with Crippen molar-refractivity contribution in [2.75, 3.05) is 5.32 Å². The summed E-state index contributed by atoms with van der Waals surface area (Å²) in [4.78, 5) is 13.0. The summed E-state index contributed by atoms with van der Waals surface area (Å²) in [6.45, 7) is 4.14. The number of carbonyl (C=O) groups excluding carboxylic acids is 1. The number of aromatic nitrogens is 2. The van der Waals surface area contributed by atoms with E-state index >= 15 is 0 Å². The molecule has 4 aromatic rings. The summed E-state index contributed by atoms with van der Waals surface area (Å²) >= 11 is 12.2. The second-order valence-electron chi connectivity index (χ2n) is 7.79. The van der Waals surface area contributed by atoms with Gasteiger partial charge in [-0.25, -0.2) is 4.39 Å². The quantitative estimate of drug-likeness (QED) is 0.304. The van der Waals surface area contributed by atoms with E-state index in [1.54, 1.807) is 66.2 Å². The number of hydrogen-bond donors (Lipinski definition) is 1. The lowest BCUT2D eigenvalue weighted by Gasteiger charge is -2.11. The molecular formula is C26H22Cl2FN3O2. The fourth-order valence-electron chi connectivity index (χ4n) is 3.56. The Balaban J connectivity index is 1.47. The molecule has 0 unspecified atom stereocenters. The summed E-state index contributed by atoms with van der Waals surface area (Å²) in [6, 6.07) is 18.9. The monoisotopic (exact) mass is 497 g/mol. The summed E-state index contributed by atoms with van der Waals surface area (Å²) in [5, 5.41) is 8.17. The molecule has 0 bridgehead atoms. The molecule has 0 aliphatic heterocycles. The molecule has 0 aliphatic rings. The van der Waals surface area contributed by atoms with Gasteiger partial charge in [0.05, 0.1) is 28.6 Å². The molecule has 5 nitrogen and oxygen atoms in total. The largest absolute Gasteiger partial charge is 0.487 e. The fraction of sp³-hybridized carbons (Fsp3) is 0.154.